The maximum atomic E-state index is 14.1. The average molecular weight is 1120 g/mol. The van der Waals surface area contributed by atoms with Crippen LogP contribution in [0.25, 0.3) is 38.8 Å². The first-order valence-corrected chi connectivity index (χ1v) is 29.2. The summed E-state index contributed by atoms with van der Waals surface area (Å²) in [6.07, 6.45) is 8.78. The highest BCUT2D eigenvalue weighted by molar-refractivity contribution is 6.00. The molecule has 0 saturated carbocycles. The molecule has 18 nitrogen and oxygen atoms in total. The van der Waals surface area contributed by atoms with Crippen molar-refractivity contribution in [2.75, 3.05) is 71.3 Å². The van der Waals surface area contributed by atoms with Crippen LogP contribution in [-0.2, 0) is 48.1 Å². The number of pyridine rings is 2. The number of piperidine rings is 2. The smallest absolute Gasteiger partial charge is 0.413 e. The Kier molecular flexibility index (Phi) is 16.3. The minimum atomic E-state index is -0.763. The van der Waals surface area contributed by atoms with Crippen LogP contribution in [-0.4, -0.2) is 144 Å². The van der Waals surface area contributed by atoms with Gasteiger partial charge in [0.25, 0.3) is 11.8 Å². The maximum Gasteiger partial charge on any atom is 0.413 e. The number of hydrogen-bond donors (Lipinski definition) is 1. The van der Waals surface area contributed by atoms with Crippen LogP contribution in [0.4, 0.5) is 10.6 Å². The summed E-state index contributed by atoms with van der Waals surface area (Å²) >= 11 is 0. The number of aryl methyl sites for hydroxylation is 4. The molecule has 4 amide bonds. The molecule has 3 fully saturated rings. The Morgan fingerprint density at radius 3 is 2.12 bits per heavy atom. The fraction of sp³-hybridized carbons (Fsp3) is 0.431. The first kappa shape index (κ1) is 56.9. The number of anilines is 1. The molecule has 0 aliphatic carbocycles. The lowest BCUT2D eigenvalue weighted by Crippen LogP contribution is -2.48. The number of nitrogens with one attached hydrogen (secondary N) is 1. The van der Waals surface area contributed by atoms with Crippen LogP contribution in [0.15, 0.2) is 102 Å². The zero-order valence-electron chi connectivity index (χ0n) is 49.2. The van der Waals surface area contributed by atoms with Gasteiger partial charge < -0.3 is 23.8 Å². The van der Waals surface area contributed by atoms with Crippen molar-refractivity contribution in [2.45, 2.75) is 98.0 Å². The Morgan fingerprint density at radius 1 is 0.723 bits per heavy atom. The number of aromatic nitrogens is 5. The molecule has 0 radical (unpaired) electrons. The Morgan fingerprint density at radius 2 is 1.45 bits per heavy atom. The van der Waals surface area contributed by atoms with Gasteiger partial charge in [-0.3, -0.25) is 43.5 Å². The molecule has 4 aliphatic rings. The van der Waals surface area contributed by atoms with Gasteiger partial charge in [-0.05, 0) is 166 Å². The van der Waals surface area contributed by atoms with Crippen LogP contribution in [0, 0.1) is 19.8 Å². The van der Waals surface area contributed by atoms with Crippen molar-refractivity contribution in [3.8, 4) is 16.9 Å². The third kappa shape index (κ3) is 12.3. The van der Waals surface area contributed by atoms with E-state index >= 15 is 0 Å². The Balaban J connectivity index is 0.642. The third-order valence-corrected chi connectivity index (χ3v) is 17.2. The highest BCUT2D eigenvalue weighted by atomic mass is 16.6. The molecule has 7 aromatic rings. The molecule has 18 heteroatoms. The second-order valence-corrected chi connectivity index (χ2v) is 24.1. The second kappa shape index (κ2) is 23.7. The zero-order valence-corrected chi connectivity index (χ0v) is 49.2. The Hall–Kier alpha value is -7.93. The van der Waals surface area contributed by atoms with Gasteiger partial charge in [0.1, 0.15) is 28.9 Å². The van der Waals surface area contributed by atoms with Gasteiger partial charge in [-0.25, -0.2) is 19.6 Å². The molecule has 0 bridgehead atoms. The number of carbonyl (C=O) groups is 4. The molecular formula is C65H77N11O7. The van der Waals surface area contributed by atoms with Crippen molar-refractivity contribution in [3.63, 3.8) is 0 Å². The number of piperazine rings is 1. The number of hydrogen-bond acceptors (Lipinski definition) is 12. The van der Waals surface area contributed by atoms with Gasteiger partial charge in [-0.15, -0.1) is 0 Å². The van der Waals surface area contributed by atoms with E-state index in [1.165, 1.54) is 21.7 Å². The van der Waals surface area contributed by atoms with Crippen LogP contribution in [0.3, 0.4) is 0 Å². The van der Waals surface area contributed by atoms with E-state index in [9.17, 15) is 24.0 Å². The number of benzene rings is 3. The lowest BCUT2D eigenvalue weighted by molar-refractivity contribution is -0.151. The number of amides is 4. The molecule has 3 aromatic carbocycles. The minimum Gasteiger partial charge on any atom is -0.497 e. The summed E-state index contributed by atoms with van der Waals surface area (Å²) in [6, 6.07) is 24.8. The molecule has 4 aromatic heterocycles. The summed E-state index contributed by atoms with van der Waals surface area (Å²) in [7, 11) is 5.42. The number of carbonyl (C=O) groups excluding carboxylic acids is 4. The summed E-state index contributed by atoms with van der Waals surface area (Å²) in [5, 5.41) is 3.76. The highest BCUT2D eigenvalue weighted by Gasteiger charge is 2.38. The number of methoxy groups -OCH3 is 1. The van der Waals surface area contributed by atoms with Crippen molar-refractivity contribution in [1.82, 2.24) is 48.2 Å². The lowest BCUT2D eigenvalue weighted by atomic mass is 9.89. The number of ether oxygens (including phenoxy) is 2. The average Bonchev–Trinajstić information content (AvgIpc) is 3.19. The van der Waals surface area contributed by atoms with Gasteiger partial charge in [0.15, 0.2) is 0 Å². The van der Waals surface area contributed by atoms with E-state index in [2.05, 4.69) is 91.8 Å². The van der Waals surface area contributed by atoms with E-state index < -0.39 is 17.7 Å². The van der Waals surface area contributed by atoms with Gasteiger partial charge >= 0.3 is 11.8 Å². The van der Waals surface area contributed by atoms with Gasteiger partial charge in [0, 0.05) is 127 Å². The summed E-state index contributed by atoms with van der Waals surface area (Å²) in [6.45, 7) is 19.6. The van der Waals surface area contributed by atoms with E-state index in [-0.39, 0.29) is 42.8 Å². The Bertz CT molecular complexity index is 3660. The summed E-state index contributed by atoms with van der Waals surface area (Å²) in [5.74, 6) is 1.19. The van der Waals surface area contributed by atoms with Crippen molar-refractivity contribution in [1.29, 1.82) is 0 Å². The fourth-order valence-electron chi connectivity index (χ4n) is 12.8. The molecule has 434 valence electrons. The highest BCUT2D eigenvalue weighted by Crippen LogP contribution is 2.35. The summed E-state index contributed by atoms with van der Waals surface area (Å²) < 4.78 is 16.0. The van der Waals surface area contributed by atoms with Gasteiger partial charge in [-0.2, -0.15) is 0 Å². The van der Waals surface area contributed by atoms with E-state index in [0.29, 0.717) is 23.0 Å². The first-order valence-electron chi connectivity index (χ1n) is 29.2. The standard InChI is InChI=1S/C65H77N11O7/c1-42-33-49(34-43(2)59(42)47-22-25-71(26-23-47)41-50-36-53-52(19-24-66-60(53)69(50)6)48-12-17-57(67-37-48)68-63(80)83-65(3,4)5)61(78)74-27-20-45(21-28-74)38-72-29-31-73(32-30-72)39-46-11-15-54-56(35-46)70(7)64(81)76(54)55-16-18-58(77)75(62(55)79)40-44-9-13-51(82-8)14-10-44/h9-15,17,19,22,24,33-37,45,55H,16,18,20-21,23,25-32,38-41H2,1-8H3,(H,67,68,80). The molecule has 1 unspecified atom stereocenters. The molecular weight excluding hydrogens is 1050 g/mol. The number of imide groups is 1. The lowest BCUT2D eigenvalue weighted by Gasteiger charge is -2.39. The topological polar surface area (TPSA) is 173 Å². The predicted molar refractivity (Wildman–Crippen MR) is 322 cm³/mol. The summed E-state index contributed by atoms with van der Waals surface area (Å²) in [5.41, 5.74) is 12.2. The van der Waals surface area contributed by atoms with Crippen LogP contribution in [0.1, 0.15) is 103 Å². The third-order valence-electron chi connectivity index (χ3n) is 17.2. The quantitative estimate of drug-likeness (QED) is 0.103. The normalized spacial score (nSPS) is 18.1. The molecule has 3 saturated heterocycles. The molecule has 8 heterocycles. The number of imidazole rings is 1. The number of rotatable bonds is 14. The van der Waals surface area contributed by atoms with E-state index in [4.69, 9.17) is 14.5 Å². The minimum absolute atomic E-state index is 0.121. The zero-order chi connectivity index (χ0) is 58.3. The van der Waals surface area contributed by atoms with E-state index in [1.807, 2.05) is 69.4 Å². The summed E-state index contributed by atoms with van der Waals surface area (Å²) in [4.78, 5) is 87.2. The van der Waals surface area contributed by atoms with Crippen LogP contribution < -0.4 is 15.7 Å². The largest absolute Gasteiger partial charge is 0.497 e. The number of likely N-dealkylation sites (tertiary alicyclic amines) is 2. The molecule has 0 spiro atoms. The van der Waals surface area contributed by atoms with Crippen LogP contribution in [0.5, 0.6) is 5.75 Å². The van der Waals surface area contributed by atoms with Crippen molar-refractivity contribution in [3.05, 3.63) is 147 Å². The molecule has 1 N–H and O–H groups in total. The van der Waals surface area contributed by atoms with Crippen molar-refractivity contribution in [2.24, 2.45) is 20.0 Å². The molecule has 83 heavy (non-hydrogen) atoms. The SMILES string of the molecule is COc1ccc(CN2C(=O)CCC(n3c(=O)n(C)c4cc(CN5CCN(CC6CCN(C(=O)c7cc(C)c(C8=CCN(Cc9cc%10c(-c%11ccc(NC(=O)OC(C)(C)C)nc%11)ccnc%10n9C)CC8)c(C)c7)CC6)CC5)ccc43)C2=O)cc1. The van der Waals surface area contributed by atoms with Crippen molar-refractivity contribution >= 4 is 57.3 Å². The van der Waals surface area contributed by atoms with Gasteiger partial charge in [0.2, 0.25) is 5.91 Å². The molecule has 1 atom stereocenters. The monoisotopic (exact) mass is 1120 g/mol. The Labute approximate surface area is 485 Å². The number of fused-ring (bicyclic) bond motifs is 2. The van der Waals surface area contributed by atoms with E-state index in [1.54, 1.807) is 35.6 Å². The maximum absolute atomic E-state index is 14.1. The van der Waals surface area contributed by atoms with Gasteiger partial charge in [-0.1, -0.05) is 24.3 Å². The molecule has 11 rings (SSSR count). The van der Waals surface area contributed by atoms with Crippen molar-refractivity contribution < 1.29 is 28.7 Å². The van der Waals surface area contributed by atoms with Gasteiger partial charge in [0.05, 0.1) is 24.7 Å². The van der Waals surface area contributed by atoms with Crippen LogP contribution >= 0.6 is 0 Å². The fourth-order valence-corrected chi connectivity index (χ4v) is 12.8. The molecule has 4 aliphatic heterocycles. The second-order valence-electron chi connectivity index (χ2n) is 24.1. The van der Waals surface area contributed by atoms with E-state index in [0.717, 1.165) is 147 Å². The number of nitrogens with zero attached hydrogens (tertiary/aromatic N) is 10. The predicted octanol–water partition coefficient (Wildman–Crippen LogP) is 9.11. The van der Waals surface area contributed by atoms with Crippen LogP contribution in [0.2, 0.25) is 0 Å². The first-order chi connectivity index (χ1) is 39.9.